The van der Waals surface area contributed by atoms with Gasteiger partial charge in [-0.15, -0.1) is 0 Å². The molecule has 5 heteroatoms. The van der Waals surface area contributed by atoms with Crippen molar-refractivity contribution < 1.29 is 9.53 Å². The Hall–Kier alpha value is -0.590. The molecule has 0 saturated heterocycles. The highest BCUT2D eigenvalue weighted by Crippen LogP contribution is 2.16. The maximum Gasteiger partial charge on any atom is 0.359 e. The van der Waals surface area contributed by atoms with E-state index in [9.17, 15) is 4.79 Å². The Morgan fingerprint density at radius 3 is 2.92 bits per heavy atom. The van der Waals surface area contributed by atoms with Crippen molar-refractivity contribution in [2.45, 2.75) is 19.8 Å². The van der Waals surface area contributed by atoms with Crippen LogP contribution in [0.4, 0.5) is 0 Å². The second-order valence-electron chi connectivity index (χ2n) is 2.61. The highest BCUT2D eigenvalue weighted by molar-refractivity contribution is 14.1. The maximum absolute atomic E-state index is 11.1. The van der Waals surface area contributed by atoms with Crippen LogP contribution >= 0.6 is 22.6 Å². The summed E-state index contributed by atoms with van der Waals surface area (Å²) >= 11 is 2.10. The molecule has 0 radical (unpaired) electrons. The summed E-state index contributed by atoms with van der Waals surface area (Å²) in [5, 5.41) is 6.73. The van der Waals surface area contributed by atoms with E-state index in [0.29, 0.717) is 5.69 Å². The predicted molar refractivity (Wildman–Crippen MR) is 56.6 cm³/mol. The van der Waals surface area contributed by atoms with Crippen molar-refractivity contribution in [3.63, 3.8) is 0 Å². The molecule has 0 aliphatic carbocycles. The summed E-state index contributed by atoms with van der Waals surface area (Å²) in [4.78, 5) is 11.1. The van der Waals surface area contributed by atoms with Gasteiger partial charge in [-0.1, -0.05) is 13.3 Å². The van der Waals surface area contributed by atoms with E-state index in [4.69, 9.17) is 0 Å². The fraction of sp³-hybridized carbons (Fsp3) is 0.500. The summed E-state index contributed by atoms with van der Waals surface area (Å²) < 4.78 is 5.45. The summed E-state index contributed by atoms with van der Waals surface area (Å²) in [5.74, 6) is -0.386. The van der Waals surface area contributed by atoms with Crippen molar-refractivity contribution in [1.82, 2.24) is 10.2 Å². The molecule has 0 bridgehead atoms. The van der Waals surface area contributed by atoms with E-state index in [-0.39, 0.29) is 5.97 Å². The van der Waals surface area contributed by atoms with Crippen molar-refractivity contribution in [3.8, 4) is 0 Å². The topological polar surface area (TPSA) is 55.0 Å². The number of aromatic nitrogens is 2. The predicted octanol–water partition coefficient (Wildman–Crippen LogP) is 1.75. The molecule has 4 nitrogen and oxygen atoms in total. The van der Waals surface area contributed by atoms with Gasteiger partial charge in [0.15, 0.2) is 5.69 Å². The van der Waals surface area contributed by atoms with Crippen molar-refractivity contribution in [3.05, 3.63) is 15.0 Å². The molecule has 1 N–H and O–H groups in total. The fourth-order valence-electron chi connectivity index (χ4n) is 1.01. The van der Waals surface area contributed by atoms with Crippen LogP contribution in [0.15, 0.2) is 0 Å². The third kappa shape index (κ3) is 2.20. The molecule has 0 atom stereocenters. The number of halogens is 1. The van der Waals surface area contributed by atoms with E-state index in [1.807, 2.05) is 0 Å². The van der Waals surface area contributed by atoms with Gasteiger partial charge >= 0.3 is 5.97 Å². The van der Waals surface area contributed by atoms with Crippen LogP contribution in [0, 0.1) is 3.57 Å². The third-order valence-electron chi connectivity index (χ3n) is 1.65. The van der Waals surface area contributed by atoms with Crippen molar-refractivity contribution in [2.24, 2.45) is 0 Å². The molecule has 0 saturated carbocycles. The standard InChI is InChI=1S/C8H11IN2O2/c1-3-4-5-6(9)7(11-10-5)8(12)13-2/h3-4H2,1-2H3,(H,10,11). The minimum Gasteiger partial charge on any atom is -0.464 e. The monoisotopic (exact) mass is 294 g/mol. The highest BCUT2D eigenvalue weighted by atomic mass is 127. The second kappa shape index (κ2) is 4.59. The van der Waals surface area contributed by atoms with E-state index < -0.39 is 0 Å². The number of hydrogen-bond acceptors (Lipinski definition) is 3. The van der Waals surface area contributed by atoms with Crippen LogP contribution in [0.5, 0.6) is 0 Å². The number of methoxy groups -OCH3 is 1. The van der Waals surface area contributed by atoms with Gasteiger partial charge in [0.25, 0.3) is 0 Å². The normalized spacial score (nSPS) is 10.1. The zero-order chi connectivity index (χ0) is 9.84. The van der Waals surface area contributed by atoms with Crippen LogP contribution in [0.1, 0.15) is 29.5 Å². The smallest absolute Gasteiger partial charge is 0.359 e. The first-order chi connectivity index (χ1) is 6.20. The Balaban J connectivity index is 2.92. The number of esters is 1. The minimum absolute atomic E-state index is 0.381. The lowest BCUT2D eigenvalue weighted by Gasteiger charge is -1.95. The molecule has 0 aliphatic heterocycles. The molecule has 0 aliphatic rings. The number of ether oxygens (including phenoxy) is 1. The highest BCUT2D eigenvalue weighted by Gasteiger charge is 2.16. The zero-order valence-corrected chi connectivity index (χ0v) is 9.71. The number of aryl methyl sites for hydroxylation is 1. The maximum atomic E-state index is 11.1. The van der Waals surface area contributed by atoms with E-state index in [2.05, 4.69) is 44.4 Å². The molecule has 1 aromatic rings. The van der Waals surface area contributed by atoms with E-state index in [1.165, 1.54) is 7.11 Å². The number of nitrogens with one attached hydrogen (secondary N) is 1. The summed E-state index contributed by atoms with van der Waals surface area (Å²) in [7, 11) is 1.35. The van der Waals surface area contributed by atoms with Crippen LogP contribution < -0.4 is 0 Å². The largest absolute Gasteiger partial charge is 0.464 e. The Kier molecular flexibility index (Phi) is 3.71. The summed E-state index contributed by atoms with van der Waals surface area (Å²) in [6.45, 7) is 2.08. The Labute approximate surface area is 90.2 Å². The van der Waals surface area contributed by atoms with Gasteiger partial charge in [0.05, 0.1) is 10.7 Å². The van der Waals surface area contributed by atoms with E-state index in [1.54, 1.807) is 0 Å². The zero-order valence-electron chi connectivity index (χ0n) is 7.56. The van der Waals surface area contributed by atoms with Gasteiger partial charge in [0.1, 0.15) is 0 Å². The molecule has 1 heterocycles. The molecule has 0 unspecified atom stereocenters. The Morgan fingerprint density at radius 1 is 1.69 bits per heavy atom. The number of rotatable bonds is 3. The molecular weight excluding hydrogens is 283 g/mol. The van der Waals surface area contributed by atoms with Crippen molar-refractivity contribution in [2.75, 3.05) is 7.11 Å². The first-order valence-electron chi connectivity index (χ1n) is 4.01. The molecule has 0 aromatic carbocycles. The summed E-state index contributed by atoms with van der Waals surface area (Å²) in [6, 6.07) is 0. The first kappa shape index (κ1) is 10.5. The quantitative estimate of drug-likeness (QED) is 0.682. The number of carbonyl (C=O) groups excluding carboxylic acids is 1. The average Bonchev–Trinajstić information content (AvgIpc) is 2.48. The molecule has 72 valence electrons. The van der Waals surface area contributed by atoms with Gasteiger partial charge < -0.3 is 4.74 Å². The fourth-order valence-corrected chi connectivity index (χ4v) is 1.74. The van der Waals surface area contributed by atoms with Gasteiger partial charge in [-0.25, -0.2) is 4.79 Å². The van der Waals surface area contributed by atoms with Crippen molar-refractivity contribution >= 4 is 28.6 Å². The molecule has 0 amide bonds. The number of aromatic amines is 1. The lowest BCUT2D eigenvalue weighted by Crippen LogP contribution is -2.03. The Morgan fingerprint density at radius 2 is 2.38 bits per heavy atom. The van der Waals surface area contributed by atoms with Gasteiger partial charge in [-0.3, -0.25) is 5.10 Å². The van der Waals surface area contributed by atoms with Crippen molar-refractivity contribution in [1.29, 1.82) is 0 Å². The van der Waals surface area contributed by atoms with Crippen LogP contribution in [-0.2, 0) is 11.2 Å². The third-order valence-corrected chi connectivity index (χ3v) is 2.82. The van der Waals surface area contributed by atoms with Crippen LogP contribution in [-0.4, -0.2) is 23.3 Å². The van der Waals surface area contributed by atoms with Gasteiger partial charge in [-0.05, 0) is 29.0 Å². The van der Waals surface area contributed by atoms with Gasteiger partial charge in [-0.2, -0.15) is 5.10 Å². The number of nitrogens with zero attached hydrogens (tertiary/aromatic N) is 1. The number of carbonyl (C=O) groups is 1. The van der Waals surface area contributed by atoms with Crippen LogP contribution in [0.2, 0.25) is 0 Å². The van der Waals surface area contributed by atoms with E-state index >= 15 is 0 Å². The van der Waals surface area contributed by atoms with Crippen LogP contribution in [0.3, 0.4) is 0 Å². The molecule has 0 spiro atoms. The van der Waals surface area contributed by atoms with Crippen LogP contribution in [0.25, 0.3) is 0 Å². The molecule has 1 rings (SSSR count). The molecular formula is C8H11IN2O2. The lowest BCUT2D eigenvalue weighted by molar-refractivity contribution is 0.0593. The van der Waals surface area contributed by atoms with E-state index in [0.717, 1.165) is 22.1 Å². The minimum atomic E-state index is -0.386. The second-order valence-corrected chi connectivity index (χ2v) is 3.69. The van der Waals surface area contributed by atoms with Gasteiger partial charge in [0.2, 0.25) is 0 Å². The lowest BCUT2D eigenvalue weighted by atomic mass is 10.2. The summed E-state index contributed by atoms with van der Waals surface area (Å²) in [6.07, 6.45) is 1.93. The molecule has 13 heavy (non-hydrogen) atoms. The van der Waals surface area contributed by atoms with Gasteiger partial charge in [0, 0.05) is 5.69 Å². The Bertz CT molecular complexity index is 309. The number of hydrogen-bond donors (Lipinski definition) is 1. The first-order valence-corrected chi connectivity index (χ1v) is 5.09. The average molecular weight is 294 g/mol. The molecule has 0 fully saturated rings. The molecule has 1 aromatic heterocycles. The summed E-state index contributed by atoms with van der Waals surface area (Å²) in [5.41, 5.74) is 1.38. The SMILES string of the molecule is CCCc1[nH]nc(C(=O)OC)c1I. The number of H-pyrrole nitrogens is 1.